The fraction of sp³-hybridized carbons (Fsp3) is 0.727. The molecule has 1 aliphatic rings. The van der Waals surface area contributed by atoms with E-state index in [1.165, 1.54) is 31.5 Å². The van der Waals surface area contributed by atoms with E-state index in [0.717, 1.165) is 6.54 Å². The van der Waals surface area contributed by atoms with Crippen molar-refractivity contribution in [3.8, 4) is 0 Å². The second-order valence-corrected chi connectivity index (χ2v) is 4.02. The second-order valence-electron chi connectivity index (χ2n) is 4.02. The standard InChI is InChI=1S/C11H19N3/c1-3-14-9-5-4-6-11(14)10-7-8-12-13(10)2/h7-8,11H,3-6,9H2,1-2H3/t11-/m0/s1. The Kier molecular flexibility index (Phi) is 2.87. The van der Waals surface area contributed by atoms with Crippen molar-refractivity contribution in [3.63, 3.8) is 0 Å². The number of hydrogen-bond acceptors (Lipinski definition) is 2. The number of nitrogens with zero attached hydrogens (tertiary/aromatic N) is 3. The molecule has 0 bridgehead atoms. The van der Waals surface area contributed by atoms with Crippen molar-refractivity contribution < 1.29 is 0 Å². The Labute approximate surface area is 85.7 Å². The Bertz CT molecular complexity index is 292. The van der Waals surface area contributed by atoms with Crippen LogP contribution in [-0.4, -0.2) is 27.8 Å². The smallest absolute Gasteiger partial charge is 0.0552 e. The third kappa shape index (κ3) is 1.69. The number of aromatic nitrogens is 2. The Balaban J connectivity index is 2.19. The number of piperidine rings is 1. The Hall–Kier alpha value is -0.830. The minimum atomic E-state index is 0.598. The molecule has 0 saturated carbocycles. The highest BCUT2D eigenvalue weighted by molar-refractivity contribution is 5.07. The SMILES string of the molecule is CCN1CCCC[C@H]1c1ccnn1C. The summed E-state index contributed by atoms with van der Waals surface area (Å²) in [6, 6.07) is 2.75. The first kappa shape index (κ1) is 9.71. The van der Waals surface area contributed by atoms with Gasteiger partial charge in [-0.05, 0) is 32.0 Å². The Morgan fingerprint density at radius 1 is 1.50 bits per heavy atom. The Morgan fingerprint density at radius 3 is 3.00 bits per heavy atom. The normalized spacial score (nSPS) is 24.0. The van der Waals surface area contributed by atoms with Crippen molar-refractivity contribution in [1.82, 2.24) is 14.7 Å². The number of likely N-dealkylation sites (tertiary alicyclic amines) is 1. The van der Waals surface area contributed by atoms with Crippen molar-refractivity contribution in [2.24, 2.45) is 7.05 Å². The molecule has 14 heavy (non-hydrogen) atoms. The number of rotatable bonds is 2. The molecule has 3 nitrogen and oxygen atoms in total. The lowest BCUT2D eigenvalue weighted by Crippen LogP contribution is -2.34. The molecule has 78 valence electrons. The predicted molar refractivity (Wildman–Crippen MR) is 57.0 cm³/mol. The van der Waals surface area contributed by atoms with Gasteiger partial charge in [0.25, 0.3) is 0 Å². The molecule has 0 N–H and O–H groups in total. The zero-order chi connectivity index (χ0) is 9.97. The molecule has 0 unspecified atom stereocenters. The van der Waals surface area contributed by atoms with E-state index in [-0.39, 0.29) is 0 Å². The van der Waals surface area contributed by atoms with Gasteiger partial charge in [0.2, 0.25) is 0 Å². The summed E-state index contributed by atoms with van der Waals surface area (Å²) in [5.74, 6) is 0. The molecular formula is C11H19N3. The van der Waals surface area contributed by atoms with Crippen LogP contribution in [0.4, 0.5) is 0 Å². The van der Waals surface area contributed by atoms with E-state index < -0.39 is 0 Å². The van der Waals surface area contributed by atoms with Crippen LogP contribution in [0.2, 0.25) is 0 Å². The zero-order valence-corrected chi connectivity index (χ0v) is 9.11. The summed E-state index contributed by atoms with van der Waals surface area (Å²) in [5.41, 5.74) is 1.37. The molecule has 1 aliphatic heterocycles. The van der Waals surface area contributed by atoms with Crippen molar-refractivity contribution in [3.05, 3.63) is 18.0 Å². The minimum absolute atomic E-state index is 0.598. The van der Waals surface area contributed by atoms with Crippen LogP contribution in [0.3, 0.4) is 0 Å². The molecule has 1 aromatic rings. The summed E-state index contributed by atoms with van der Waals surface area (Å²) in [6.45, 7) is 4.64. The van der Waals surface area contributed by atoms with E-state index in [1.54, 1.807) is 0 Å². The number of hydrogen-bond donors (Lipinski definition) is 0. The molecule has 1 saturated heterocycles. The van der Waals surface area contributed by atoms with Gasteiger partial charge in [-0.25, -0.2) is 0 Å². The third-order valence-corrected chi connectivity index (χ3v) is 3.22. The van der Waals surface area contributed by atoms with Crippen molar-refractivity contribution in [1.29, 1.82) is 0 Å². The molecule has 2 rings (SSSR count). The summed E-state index contributed by atoms with van der Waals surface area (Å²) in [6.07, 6.45) is 5.89. The van der Waals surface area contributed by atoms with E-state index in [1.807, 2.05) is 17.9 Å². The first-order valence-electron chi connectivity index (χ1n) is 5.55. The van der Waals surface area contributed by atoms with E-state index in [9.17, 15) is 0 Å². The van der Waals surface area contributed by atoms with Gasteiger partial charge in [-0.3, -0.25) is 9.58 Å². The lowest BCUT2D eigenvalue weighted by atomic mass is 9.99. The monoisotopic (exact) mass is 193 g/mol. The van der Waals surface area contributed by atoms with Gasteiger partial charge in [-0.1, -0.05) is 13.3 Å². The summed E-state index contributed by atoms with van der Waals surface area (Å²) >= 11 is 0. The van der Waals surface area contributed by atoms with Crippen LogP contribution in [0.15, 0.2) is 12.3 Å². The van der Waals surface area contributed by atoms with Crippen LogP contribution in [-0.2, 0) is 7.05 Å². The lowest BCUT2D eigenvalue weighted by Gasteiger charge is -2.34. The first-order chi connectivity index (χ1) is 6.83. The molecular weight excluding hydrogens is 174 g/mol. The molecule has 0 aliphatic carbocycles. The van der Waals surface area contributed by atoms with Crippen LogP contribution in [0.5, 0.6) is 0 Å². The van der Waals surface area contributed by atoms with Gasteiger partial charge in [-0.2, -0.15) is 5.10 Å². The fourth-order valence-electron chi connectivity index (χ4n) is 2.42. The summed E-state index contributed by atoms with van der Waals surface area (Å²) in [4.78, 5) is 2.56. The maximum atomic E-state index is 4.25. The van der Waals surface area contributed by atoms with Gasteiger partial charge >= 0.3 is 0 Å². The van der Waals surface area contributed by atoms with Crippen LogP contribution < -0.4 is 0 Å². The van der Waals surface area contributed by atoms with Gasteiger partial charge in [0.15, 0.2) is 0 Å². The molecule has 1 fully saturated rings. The quantitative estimate of drug-likeness (QED) is 0.716. The lowest BCUT2D eigenvalue weighted by molar-refractivity contribution is 0.150. The summed E-state index contributed by atoms with van der Waals surface area (Å²) in [5, 5.41) is 4.25. The highest BCUT2D eigenvalue weighted by atomic mass is 15.3. The van der Waals surface area contributed by atoms with Gasteiger partial charge in [0.1, 0.15) is 0 Å². The van der Waals surface area contributed by atoms with Crippen LogP contribution in [0, 0.1) is 0 Å². The molecule has 3 heteroatoms. The van der Waals surface area contributed by atoms with Crippen LogP contribution in [0.25, 0.3) is 0 Å². The molecule has 2 heterocycles. The van der Waals surface area contributed by atoms with Crippen LogP contribution in [0.1, 0.15) is 37.9 Å². The second kappa shape index (κ2) is 4.13. The minimum Gasteiger partial charge on any atom is -0.295 e. The van der Waals surface area contributed by atoms with Gasteiger partial charge in [-0.15, -0.1) is 0 Å². The molecule has 1 aromatic heterocycles. The van der Waals surface area contributed by atoms with Gasteiger partial charge in [0, 0.05) is 13.2 Å². The Morgan fingerprint density at radius 2 is 2.36 bits per heavy atom. The zero-order valence-electron chi connectivity index (χ0n) is 9.11. The largest absolute Gasteiger partial charge is 0.295 e. The molecule has 0 radical (unpaired) electrons. The van der Waals surface area contributed by atoms with E-state index in [4.69, 9.17) is 0 Å². The molecule has 0 aromatic carbocycles. The van der Waals surface area contributed by atoms with Crippen molar-refractivity contribution in [2.45, 2.75) is 32.2 Å². The van der Waals surface area contributed by atoms with Crippen molar-refractivity contribution >= 4 is 0 Å². The highest BCUT2D eigenvalue weighted by Gasteiger charge is 2.24. The molecule has 1 atom stereocenters. The maximum Gasteiger partial charge on any atom is 0.0552 e. The average molecular weight is 193 g/mol. The number of aryl methyl sites for hydroxylation is 1. The third-order valence-electron chi connectivity index (χ3n) is 3.22. The van der Waals surface area contributed by atoms with E-state index in [2.05, 4.69) is 23.0 Å². The summed E-state index contributed by atoms with van der Waals surface area (Å²) < 4.78 is 2.01. The fourth-order valence-corrected chi connectivity index (χ4v) is 2.42. The predicted octanol–water partition coefficient (Wildman–Crippen LogP) is 1.97. The topological polar surface area (TPSA) is 21.1 Å². The summed E-state index contributed by atoms with van der Waals surface area (Å²) in [7, 11) is 2.04. The van der Waals surface area contributed by atoms with Crippen molar-refractivity contribution in [2.75, 3.05) is 13.1 Å². The van der Waals surface area contributed by atoms with E-state index in [0.29, 0.717) is 6.04 Å². The molecule has 0 spiro atoms. The average Bonchev–Trinajstić information content (AvgIpc) is 2.64. The maximum absolute atomic E-state index is 4.25. The van der Waals surface area contributed by atoms with Gasteiger partial charge in [0.05, 0.1) is 11.7 Å². The van der Waals surface area contributed by atoms with Crippen LogP contribution >= 0.6 is 0 Å². The van der Waals surface area contributed by atoms with E-state index >= 15 is 0 Å². The molecule has 0 amide bonds. The first-order valence-corrected chi connectivity index (χ1v) is 5.55. The highest BCUT2D eigenvalue weighted by Crippen LogP contribution is 2.29. The van der Waals surface area contributed by atoms with Gasteiger partial charge < -0.3 is 0 Å².